The number of amides is 1. The zero-order valence-corrected chi connectivity index (χ0v) is 21.3. The second-order valence-corrected chi connectivity index (χ2v) is 11.7. The van der Waals surface area contributed by atoms with Gasteiger partial charge in [-0.25, -0.2) is 4.79 Å². The molecule has 7 nitrogen and oxygen atoms in total. The molecule has 36 heavy (non-hydrogen) atoms. The van der Waals surface area contributed by atoms with E-state index < -0.39 is 37.0 Å². The van der Waals surface area contributed by atoms with Crippen LogP contribution in [0.2, 0.25) is 0 Å². The van der Waals surface area contributed by atoms with E-state index in [1.165, 1.54) is 0 Å². The SMILES string of the molecule is CC[C@H](NC(=O)[C@H](Cc1ccc(-c2ccccc2)cc1)CP(=O)(O)C([NH3+])Cc1ccccc1)C(=O)O. The van der Waals surface area contributed by atoms with E-state index in [-0.39, 0.29) is 19.0 Å². The second kappa shape index (κ2) is 12.6. The summed E-state index contributed by atoms with van der Waals surface area (Å²) in [6, 6.07) is 25.8. The fourth-order valence-corrected chi connectivity index (χ4v) is 5.83. The summed E-state index contributed by atoms with van der Waals surface area (Å²) >= 11 is 0. The molecule has 6 N–H and O–H groups in total. The lowest BCUT2D eigenvalue weighted by Gasteiger charge is -2.24. The summed E-state index contributed by atoms with van der Waals surface area (Å²) in [5.41, 5.74) is 7.73. The molecule has 0 aliphatic carbocycles. The number of hydrogen-bond acceptors (Lipinski definition) is 3. The molecule has 190 valence electrons. The zero-order valence-electron chi connectivity index (χ0n) is 20.4. The Bertz CT molecular complexity index is 1190. The molecule has 0 saturated heterocycles. The minimum atomic E-state index is -3.85. The quantitative estimate of drug-likeness (QED) is 0.277. The number of rotatable bonds is 12. The Hall–Kier alpha value is -3.25. The average Bonchev–Trinajstić information content (AvgIpc) is 2.88. The summed E-state index contributed by atoms with van der Waals surface area (Å²) in [6.45, 7) is 1.67. The molecule has 0 aliphatic heterocycles. The van der Waals surface area contributed by atoms with Gasteiger partial charge in [0.25, 0.3) is 7.37 Å². The van der Waals surface area contributed by atoms with Crippen molar-refractivity contribution in [1.82, 2.24) is 5.32 Å². The number of aliphatic carboxylic acids is 1. The van der Waals surface area contributed by atoms with Crippen LogP contribution in [0.3, 0.4) is 0 Å². The minimum Gasteiger partial charge on any atom is -0.480 e. The first-order valence-electron chi connectivity index (χ1n) is 12.1. The third kappa shape index (κ3) is 7.62. The first kappa shape index (κ1) is 27.3. The molecular weight excluding hydrogens is 475 g/mol. The summed E-state index contributed by atoms with van der Waals surface area (Å²) in [6.07, 6.45) is 0.444. The molecule has 3 rings (SSSR count). The molecule has 0 heterocycles. The number of nitrogens with one attached hydrogen (secondary N) is 1. The van der Waals surface area contributed by atoms with Crippen molar-refractivity contribution in [1.29, 1.82) is 0 Å². The van der Waals surface area contributed by atoms with Gasteiger partial charge in [-0.05, 0) is 35.1 Å². The van der Waals surface area contributed by atoms with Gasteiger partial charge in [-0.1, -0.05) is 91.9 Å². The minimum absolute atomic E-state index is 0.208. The van der Waals surface area contributed by atoms with E-state index in [0.717, 1.165) is 22.3 Å². The molecule has 0 aliphatic rings. The number of carboxylic acids is 1. The fourth-order valence-electron chi connectivity index (χ4n) is 4.11. The molecule has 0 fully saturated rings. The van der Waals surface area contributed by atoms with Crippen LogP contribution < -0.4 is 11.1 Å². The lowest BCUT2D eigenvalue weighted by atomic mass is 9.97. The lowest BCUT2D eigenvalue weighted by molar-refractivity contribution is -0.391. The van der Waals surface area contributed by atoms with E-state index in [0.29, 0.717) is 6.42 Å². The number of carboxylic acid groups (broad SMARTS) is 1. The molecule has 0 spiro atoms. The van der Waals surface area contributed by atoms with E-state index in [9.17, 15) is 24.2 Å². The van der Waals surface area contributed by atoms with Crippen molar-refractivity contribution in [2.45, 2.75) is 38.0 Å². The Balaban J connectivity index is 1.80. The Morgan fingerprint density at radius 2 is 1.39 bits per heavy atom. The number of hydrogen-bond donors (Lipinski definition) is 4. The molecular formula is C28H34N2O5P+. The van der Waals surface area contributed by atoms with Crippen molar-refractivity contribution >= 4 is 19.2 Å². The second-order valence-electron chi connectivity index (χ2n) is 9.05. The molecule has 0 radical (unpaired) electrons. The molecule has 3 aromatic carbocycles. The Morgan fingerprint density at radius 3 is 1.94 bits per heavy atom. The van der Waals surface area contributed by atoms with Crippen molar-refractivity contribution in [3.05, 3.63) is 96.1 Å². The number of carbonyl (C=O) groups excluding carboxylic acids is 1. The van der Waals surface area contributed by atoms with Crippen LogP contribution in [-0.2, 0) is 27.0 Å². The van der Waals surface area contributed by atoms with E-state index in [1.54, 1.807) is 6.92 Å². The van der Waals surface area contributed by atoms with E-state index >= 15 is 0 Å². The summed E-state index contributed by atoms with van der Waals surface area (Å²) in [4.78, 5) is 35.6. The predicted octanol–water partition coefficient (Wildman–Crippen LogP) is 3.57. The van der Waals surface area contributed by atoms with Crippen LogP contribution >= 0.6 is 7.37 Å². The third-order valence-corrected chi connectivity index (χ3v) is 8.59. The van der Waals surface area contributed by atoms with Crippen LogP contribution in [0.25, 0.3) is 11.1 Å². The Kier molecular flexibility index (Phi) is 9.59. The van der Waals surface area contributed by atoms with Gasteiger partial charge in [0.15, 0.2) is 5.78 Å². The third-order valence-electron chi connectivity index (χ3n) is 6.30. The summed E-state index contributed by atoms with van der Waals surface area (Å²) < 4.78 is 13.3. The van der Waals surface area contributed by atoms with Crippen molar-refractivity contribution in [3.8, 4) is 11.1 Å². The van der Waals surface area contributed by atoms with Crippen LogP contribution in [0, 0.1) is 5.92 Å². The molecule has 8 heteroatoms. The van der Waals surface area contributed by atoms with Gasteiger partial charge in [-0.15, -0.1) is 0 Å². The Morgan fingerprint density at radius 1 is 0.861 bits per heavy atom. The van der Waals surface area contributed by atoms with Crippen LogP contribution in [-0.4, -0.2) is 39.9 Å². The molecule has 0 saturated carbocycles. The predicted molar refractivity (Wildman–Crippen MR) is 140 cm³/mol. The molecule has 4 atom stereocenters. The lowest BCUT2D eigenvalue weighted by Crippen LogP contribution is -2.62. The standard InChI is InChI=1S/C28H33N2O5P/c1-2-25(28(32)33)30-27(31)24(19-36(34,35)26(29)18-20-9-5-3-6-10-20)17-21-13-15-23(16-14-21)22-11-7-4-8-12-22/h3-16,24-26H,2,17-19,29H2,1H3,(H,30,31)(H,32,33)(H,34,35)/p+1/t24-,25+,26?/m1/s1. The maximum atomic E-state index is 13.3. The summed E-state index contributed by atoms with van der Waals surface area (Å²) in [5, 5.41) is 11.9. The van der Waals surface area contributed by atoms with Gasteiger partial charge in [-0.3, -0.25) is 9.36 Å². The van der Waals surface area contributed by atoms with Gasteiger partial charge in [0.2, 0.25) is 5.91 Å². The van der Waals surface area contributed by atoms with Gasteiger partial charge < -0.3 is 21.1 Å². The van der Waals surface area contributed by atoms with Gasteiger partial charge in [0, 0.05) is 12.6 Å². The van der Waals surface area contributed by atoms with Crippen LogP contribution in [0.1, 0.15) is 24.5 Å². The van der Waals surface area contributed by atoms with E-state index in [2.05, 4.69) is 11.1 Å². The number of carbonyl (C=O) groups is 2. The fraction of sp³-hybridized carbons (Fsp3) is 0.286. The van der Waals surface area contributed by atoms with Crippen LogP contribution in [0.4, 0.5) is 0 Å². The highest BCUT2D eigenvalue weighted by atomic mass is 31.2. The summed E-state index contributed by atoms with van der Waals surface area (Å²) in [7, 11) is -3.85. The molecule has 2 unspecified atom stereocenters. The Labute approximate surface area is 211 Å². The highest BCUT2D eigenvalue weighted by molar-refractivity contribution is 7.58. The zero-order chi connectivity index (χ0) is 26.1. The van der Waals surface area contributed by atoms with Crippen molar-refractivity contribution in [3.63, 3.8) is 0 Å². The first-order chi connectivity index (χ1) is 17.2. The molecule has 3 aromatic rings. The smallest absolute Gasteiger partial charge is 0.326 e. The monoisotopic (exact) mass is 509 g/mol. The van der Waals surface area contributed by atoms with Crippen molar-refractivity contribution in [2.75, 3.05) is 6.16 Å². The normalized spacial score (nSPS) is 15.3. The van der Waals surface area contributed by atoms with Gasteiger partial charge in [0.1, 0.15) is 6.04 Å². The van der Waals surface area contributed by atoms with Gasteiger partial charge in [0.05, 0.1) is 5.92 Å². The maximum absolute atomic E-state index is 13.3. The van der Waals surface area contributed by atoms with Crippen molar-refractivity contribution < 1.29 is 29.9 Å². The van der Waals surface area contributed by atoms with E-state index in [4.69, 9.17) is 0 Å². The van der Waals surface area contributed by atoms with Crippen LogP contribution in [0.5, 0.6) is 0 Å². The highest BCUT2D eigenvalue weighted by Gasteiger charge is 2.37. The molecule has 1 amide bonds. The van der Waals surface area contributed by atoms with Crippen molar-refractivity contribution in [2.24, 2.45) is 5.92 Å². The average molecular weight is 510 g/mol. The maximum Gasteiger partial charge on any atom is 0.326 e. The highest BCUT2D eigenvalue weighted by Crippen LogP contribution is 2.46. The van der Waals surface area contributed by atoms with Crippen LogP contribution in [0.15, 0.2) is 84.9 Å². The van der Waals surface area contributed by atoms with E-state index in [1.807, 2.05) is 84.9 Å². The topological polar surface area (TPSA) is 131 Å². The molecule has 0 aromatic heterocycles. The summed E-state index contributed by atoms with van der Waals surface area (Å²) in [5.74, 6) is -3.35. The first-order valence-corrected chi connectivity index (χ1v) is 14.0. The number of benzene rings is 3. The molecule has 0 bridgehead atoms. The van der Waals surface area contributed by atoms with Gasteiger partial charge in [-0.2, -0.15) is 0 Å². The largest absolute Gasteiger partial charge is 0.480 e. The number of quaternary nitrogens is 1. The van der Waals surface area contributed by atoms with Gasteiger partial charge >= 0.3 is 5.97 Å².